The molecule has 0 saturated heterocycles. The van der Waals surface area contributed by atoms with E-state index < -0.39 is 0 Å². The molecule has 2 heteroatoms. The Hall–Kier alpha value is -0.530. The largest absolute Gasteiger partial charge is 0.387 e. The smallest absolute Gasteiger partial charge is 0.0995 e. The first kappa shape index (κ1) is 10.6. The molecule has 0 heterocycles. The SMILES string of the molecule is CCC1(C)CC1N=C(N)C(C)(C)C. The van der Waals surface area contributed by atoms with Crippen molar-refractivity contribution in [3.63, 3.8) is 0 Å². The lowest BCUT2D eigenvalue weighted by Gasteiger charge is -2.17. The van der Waals surface area contributed by atoms with E-state index in [9.17, 15) is 0 Å². The molecule has 13 heavy (non-hydrogen) atoms. The molecule has 2 atom stereocenters. The molecule has 2 N–H and O–H groups in total. The van der Waals surface area contributed by atoms with Gasteiger partial charge in [0.25, 0.3) is 0 Å². The molecule has 2 nitrogen and oxygen atoms in total. The van der Waals surface area contributed by atoms with E-state index in [-0.39, 0.29) is 5.41 Å². The summed E-state index contributed by atoms with van der Waals surface area (Å²) in [6.45, 7) is 10.8. The summed E-state index contributed by atoms with van der Waals surface area (Å²) in [5.74, 6) is 0.801. The summed E-state index contributed by atoms with van der Waals surface area (Å²) in [4.78, 5) is 4.58. The fourth-order valence-electron chi connectivity index (χ4n) is 1.33. The van der Waals surface area contributed by atoms with Crippen LogP contribution in [-0.4, -0.2) is 11.9 Å². The van der Waals surface area contributed by atoms with Crippen LogP contribution in [0.15, 0.2) is 4.99 Å². The Morgan fingerprint density at radius 1 is 1.54 bits per heavy atom. The van der Waals surface area contributed by atoms with Crippen LogP contribution in [0.25, 0.3) is 0 Å². The summed E-state index contributed by atoms with van der Waals surface area (Å²) in [7, 11) is 0. The van der Waals surface area contributed by atoms with E-state index >= 15 is 0 Å². The molecule has 1 rings (SSSR count). The van der Waals surface area contributed by atoms with Crippen LogP contribution in [0.3, 0.4) is 0 Å². The molecule has 2 unspecified atom stereocenters. The van der Waals surface area contributed by atoms with Gasteiger partial charge < -0.3 is 5.73 Å². The zero-order valence-corrected chi connectivity index (χ0v) is 9.52. The van der Waals surface area contributed by atoms with E-state index in [4.69, 9.17) is 5.73 Å². The Morgan fingerprint density at radius 2 is 2.08 bits per heavy atom. The van der Waals surface area contributed by atoms with E-state index in [0.717, 1.165) is 5.84 Å². The number of nitrogens with two attached hydrogens (primary N) is 1. The third kappa shape index (κ3) is 2.23. The number of nitrogens with zero attached hydrogens (tertiary/aromatic N) is 1. The molecule has 1 aliphatic carbocycles. The van der Waals surface area contributed by atoms with Crippen LogP contribution in [0.4, 0.5) is 0 Å². The minimum absolute atomic E-state index is 0.0250. The van der Waals surface area contributed by atoms with Crippen molar-refractivity contribution < 1.29 is 0 Å². The number of amidine groups is 1. The Balaban J connectivity index is 2.61. The van der Waals surface area contributed by atoms with Crippen molar-refractivity contribution in [3.8, 4) is 0 Å². The molecular formula is C11H22N2. The van der Waals surface area contributed by atoms with Gasteiger partial charge in [-0.3, -0.25) is 4.99 Å². The third-order valence-corrected chi connectivity index (χ3v) is 3.18. The standard InChI is InChI=1S/C11H22N2/c1-6-11(5)7-8(11)13-9(12)10(2,3)4/h8H,6-7H2,1-5H3,(H2,12,13). The summed E-state index contributed by atoms with van der Waals surface area (Å²) >= 11 is 0. The molecule has 0 radical (unpaired) electrons. The summed E-state index contributed by atoms with van der Waals surface area (Å²) in [6, 6.07) is 0.483. The quantitative estimate of drug-likeness (QED) is 0.517. The van der Waals surface area contributed by atoms with Gasteiger partial charge in [-0.05, 0) is 18.3 Å². The number of hydrogen-bond donors (Lipinski definition) is 1. The zero-order valence-electron chi connectivity index (χ0n) is 9.52. The molecule has 1 fully saturated rings. The lowest BCUT2D eigenvalue weighted by Crippen LogP contribution is -2.29. The second-order valence-electron chi connectivity index (χ2n) is 5.49. The van der Waals surface area contributed by atoms with Crippen molar-refractivity contribution in [2.45, 2.75) is 53.5 Å². The van der Waals surface area contributed by atoms with Crippen LogP contribution < -0.4 is 5.73 Å². The average Bonchev–Trinajstić information content (AvgIpc) is 2.61. The molecule has 0 aromatic heterocycles. The Kier molecular flexibility index (Phi) is 2.44. The fourth-order valence-corrected chi connectivity index (χ4v) is 1.33. The van der Waals surface area contributed by atoms with Crippen molar-refractivity contribution in [3.05, 3.63) is 0 Å². The second-order valence-corrected chi connectivity index (χ2v) is 5.49. The van der Waals surface area contributed by atoms with E-state index in [0.29, 0.717) is 11.5 Å². The van der Waals surface area contributed by atoms with Gasteiger partial charge in [-0.25, -0.2) is 0 Å². The monoisotopic (exact) mass is 182 g/mol. The predicted molar refractivity (Wildman–Crippen MR) is 57.9 cm³/mol. The maximum Gasteiger partial charge on any atom is 0.0995 e. The minimum atomic E-state index is 0.0250. The summed E-state index contributed by atoms with van der Waals surface area (Å²) in [5.41, 5.74) is 6.38. The van der Waals surface area contributed by atoms with E-state index in [1.54, 1.807) is 0 Å². The molecule has 0 bridgehead atoms. The van der Waals surface area contributed by atoms with Crippen molar-refractivity contribution in [2.24, 2.45) is 21.6 Å². The van der Waals surface area contributed by atoms with Gasteiger partial charge in [-0.1, -0.05) is 34.6 Å². The van der Waals surface area contributed by atoms with Crippen LogP contribution in [0, 0.1) is 10.8 Å². The fraction of sp³-hybridized carbons (Fsp3) is 0.909. The molecule has 0 aromatic rings. The minimum Gasteiger partial charge on any atom is -0.387 e. The zero-order chi connectivity index (χ0) is 10.3. The summed E-state index contributed by atoms with van der Waals surface area (Å²) in [6.07, 6.45) is 2.42. The molecule has 0 aromatic carbocycles. The van der Waals surface area contributed by atoms with E-state index in [1.165, 1.54) is 12.8 Å². The van der Waals surface area contributed by atoms with Crippen molar-refractivity contribution >= 4 is 5.84 Å². The van der Waals surface area contributed by atoms with Crippen LogP contribution in [0.2, 0.25) is 0 Å². The second kappa shape index (κ2) is 3.00. The first-order valence-electron chi connectivity index (χ1n) is 5.13. The lowest BCUT2D eigenvalue weighted by molar-refractivity contribution is 0.520. The van der Waals surface area contributed by atoms with Gasteiger partial charge in [-0.15, -0.1) is 0 Å². The van der Waals surface area contributed by atoms with Gasteiger partial charge in [0, 0.05) is 5.41 Å². The average molecular weight is 182 g/mol. The normalized spacial score (nSPS) is 34.8. The maximum atomic E-state index is 5.92. The van der Waals surface area contributed by atoms with E-state index in [1.807, 2.05) is 0 Å². The molecule has 1 saturated carbocycles. The Labute approximate surface area is 81.6 Å². The highest BCUT2D eigenvalue weighted by Crippen LogP contribution is 2.51. The van der Waals surface area contributed by atoms with Gasteiger partial charge in [0.15, 0.2) is 0 Å². The molecule has 0 spiro atoms. The third-order valence-electron chi connectivity index (χ3n) is 3.18. The molecule has 0 amide bonds. The van der Waals surface area contributed by atoms with Gasteiger partial charge in [0.1, 0.15) is 0 Å². The van der Waals surface area contributed by atoms with Gasteiger partial charge in [0.2, 0.25) is 0 Å². The highest BCUT2D eigenvalue weighted by atomic mass is 15.0. The number of hydrogen-bond acceptors (Lipinski definition) is 1. The molecule has 76 valence electrons. The highest BCUT2D eigenvalue weighted by Gasteiger charge is 2.48. The van der Waals surface area contributed by atoms with Crippen LogP contribution >= 0.6 is 0 Å². The summed E-state index contributed by atoms with van der Waals surface area (Å²) < 4.78 is 0. The van der Waals surface area contributed by atoms with Crippen LogP contribution in [-0.2, 0) is 0 Å². The number of rotatable bonds is 2. The Morgan fingerprint density at radius 3 is 2.38 bits per heavy atom. The van der Waals surface area contributed by atoms with E-state index in [2.05, 4.69) is 39.6 Å². The predicted octanol–water partition coefficient (Wildman–Crippen LogP) is 2.58. The Bertz CT molecular complexity index is 225. The maximum absolute atomic E-state index is 5.92. The van der Waals surface area contributed by atoms with Crippen molar-refractivity contribution in [1.29, 1.82) is 0 Å². The first-order chi connectivity index (χ1) is 5.79. The van der Waals surface area contributed by atoms with Gasteiger partial charge >= 0.3 is 0 Å². The van der Waals surface area contributed by atoms with Crippen molar-refractivity contribution in [1.82, 2.24) is 0 Å². The molecule has 0 aliphatic heterocycles. The highest BCUT2D eigenvalue weighted by molar-refractivity contribution is 5.85. The number of aliphatic imine (C=N–C) groups is 1. The van der Waals surface area contributed by atoms with Crippen LogP contribution in [0.1, 0.15) is 47.5 Å². The summed E-state index contributed by atoms with van der Waals surface area (Å²) in [5, 5.41) is 0. The van der Waals surface area contributed by atoms with Gasteiger partial charge in [0.05, 0.1) is 11.9 Å². The first-order valence-corrected chi connectivity index (χ1v) is 5.13. The lowest BCUT2D eigenvalue weighted by atomic mass is 9.95. The molecular weight excluding hydrogens is 160 g/mol. The van der Waals surface area contributed by atoms with Crippen molar-refractivity contribution in [2.75, 3.05) is 0 Å². The van der Waals surface area contributed by atoms with Gasteiger partial charge in [-0.2, -0.15) is 0 Å². The molecule has 1 aliphatic rings. The van der Waals surface area contributed by atoms with Crippen LogP contribution in [0.5, 0.6) is 0 Å². The topological polar surface area (TPSA) is 38.4 Å².